The molecule has 1 unspecified atom stereocenters. The van der Waals surface area contributed by atoms with Crippen LogP contribution in [0.1, 0.15) is 69.2 Å². The maximum absolute atomic E-state index is 4.22. The molecule has 0 aromatic carbocycles. The lowest BCUT2D eigenvalue weighted by atomic mass is 9.85. The summed E-state index contributed by atoms with van der Waals surface area (Å²) in [6.07, 6.45) is 13.2. The Morgan fingerprint density at radius 1 is 1.39 bits per heavy atom. The molecule has 1 aromatic rings. The largest absolute Gasteiger partial charge is 0.309 e. The third-order valence-electron chi connectivity index (χ3n) is 4.02. The van der Waals surface area contributed by atoms with E-state index in [9.17, 15) is 0 Å². The summed E-state index contributed by atoms with van der Waals surface area (Å²) in [5, 5.41) is 3.68. The second-order valence-corrected chi connectivity index (χ2v) is 6.41. The summed E-state index contributed by atoms with van der Waals surface area (Å²) in [5.74, 6) is 0.984. The van der Waals surface area contributed by atoms with Gasteiger partial charge < -0.3 is 5.32 Å². The molecule has 0 aliphatic heterocycles. The maximum atomic E-state index is 4.22. The van der Waals surface area contributed by atoms with Gasteiger partial charge in [0.1, 0.15) is 0 Å². The van der Waals surface area contributed by atoms with Crippen LogP contribution in [-0.4, -0.2) is 11.5 Å². The summed E-state index contributed by atoms with van der Waals surface area (Å²) in [5.41, 5.74) is 1.95. The van der Waals surface area contributed by atoms with E-state index in [1.165, 1.54) is 56.2 Å². The molecule has 3 heteroatoms. The van der Waals surface area contributed by atoms with Gasteiger partial charge in [-0.2, -0.15) is 0 Å². The van der Waals surface area contributed by atoms with E-state index in [1.54, 1.807) is 11.3 Å². The van der Waals surface area contributed by atoms with Gasteiger partial charge >= 0.3 is 0 Å². The molecule has 1 N–H and O–H groups in total. The summed E-state index contributed by atoms with van der Waals surface area (Å²) in [6.45, 7) is 3.35. The van der Waals surface area contributed by atoms with Gasteiger partial charge in [-0.05, 0) is 31.7 Å². The van der Waals surface area contributed by atoms with Crippen molar-refractivity contribution in [1.29, 1.82) is 0 Å². The SMILES string of the molecule is CCCNC(CCC1CCCCC1)c1cncs1. The van der Waals surface area contributed by atoms with Crippen molar-refractivity contribution < 1.29 is 0 Å². The van der Waals surface area contributed by atoms with Gasteiger partial charge in [-0.15, -0.1) is 11.3 Å². The van der Waals surface area contributed by atoms with Crippen LogP contribution in [-0.2, 0) is 0 Å². The maximum Gasteiger partial charge on any atom is 0.0794 e. The lowest BCUT2D eigenvalue weighted by Crippen LogP contribution is -2.22. The molecule has 0 saturated heterocycles. The molecule has 1 aromatic heterocycles. The Morgan fingerprint density at radius 3 is 2.89 bits per heavy atom. The monoisotopic (exact) mass is 266 g/mol. The molecular weight excluding hydrogens is 240 g/mol. The average Bonchev–Trinajstić information content (AvgIpc) is 2.94. The molecule has 1 heterocycles. The Hall–Kier alpha value is -0.410. The standard InChI is InChI=1S/C15H26N2S/c1-2-10-17-14(15-11-16-12-18-15)9-8-13-6-4-3-5-7-13/h11-14,17H,2-10H2,1H3. The van der Waals surface area contributed by atoms with E-state index in [0.717, 1.165) is 12.5 Å². The Balaban J connectivity index is 1.80. The van der Waals surface area contributed by atoms with Crippen LogP contribution in [0.15, 0.2) is 11.7 Å². The minimum atomic E-state index is 0.541. The van der Waals surface area contributed by atoms with Crippen LogP contribution in [0.2, 0.25) is 0 Å². The highest BCUT2D eigenvalue weighted by atomic mass is 32.1. The van der Waals surface area contributed by atoms with E-state index in [2.05, 4.69) is 17.2 Å². The fraction of sp³-hybridized carbons (Fsp3) is 0.800. The molecule has 102 valence electrons. The normalized spacial score (nSPS) is 18.9. The zero-order valence-corrected chi connectivity index (χ0v) is 12.3. The van der Waals surface area contributed by atoms with Gasteiger partial charge in [0.05, 0.1) is 5.51 Å². The van der Waals surface area contributed by atoms with Crippen LogP contribution in [0.3, 0.4) is 0 Å². The summed E-state index contributed by atoms with van der Waals surface area (Å²) >= 11 is 1.79. The average molecular weight is 266 g/mol. The minimum absolute atomic E-state index is 0.541. The first kappa shape index (κ1) is 14.0. The number of hydrogen-bond donors (Lipinski definition) is 1. The number of thiazole rings is 1. The Labute approximate surface area is 115 Å². The van der Waals surface area contributed by atoms with Crippen molar-refractivity contribution in [2.45, 2.75) is 64.3 Å². The molecule has 1 fully saturated rings. The topological polar surface area (TPSA) is 24.9 Å². The van der Waals surface area contributed by atoms with E-state index in [-0.39, 0.29) is 0 Å². The van der Waals surface area contributed by atoms with Gasteiger partial charge in [-0.25, -0.2) is 0 Å². The van der Waals surface area contributed by atoms with Gasteiger partial charge in [-0.1, -0.05) is 39.0 Å². The lowest BCUT2D eigenvalue weighted by molar-refractivity contribution is 0.315. The molecule has 1 saturated carbocycles. The first-order chi connectivity index (χ1) is 8.90. The van der Waals surface area contributed by atoms with E-state index in [4.69, 9.17) is 0 Å². The highest BCUT2D eigenvalue weighted by Gasteiger charge is 2.17. The van der Waals surface area contributed by atoms with E-state index < -0.39 is 0 Å². The van der Waals surface area contributed by atoms with Gasteiger partial charge in [0, 0.05) is 17.1 Å². The van der Waals surface area contributed by atoms with E-state index >= 15 is 0 Å². The molecule has 2 nitrogen and oxygen atoms in total. The molecule has 0 spiro atoms. The van der Waals surface area contributed by atoms with Crippen LogP contribution in [0.25, 0.3) is 0 Å². The van der Waals surface area contributed by atoms with Crippen LogP contribution in [0.5, 0.6) is 0 Å². The third-order valence-corrected chi connectivity index (χ3v) is 4.91. The first-order valence-corrected chi connectivity index (χ1v) is 8.40. The zero-order chi connectivity index (χ0) is 12.6. The Bertz CT molecular complexity index is 304. The molecule has 1 aliphatic rings. The fourth-order valence-electron chi connectivity index (χ4n) is 2.94. The van der Waals surface area contributed by atoms with E-state index in [1.807, 2.05) is 11.7 Å². The predicted molar refractivity (Wildman–Crippen MR) is 79.0 cm³/mol. The Morgan fingerprint density at radius 2 is 2.22 bits per heavy atom. The van der Waals surface area contributed by atoms with E-state index in [0.29, 0.717) is 6.04 Å². The zero-order valence-electron chi connectivity index (χ0n) is 11.5. The van der Waals surface area contributed by atoms with Gasteiger partial charge in [0.15, 0.2) is 0 Å². The lowest BCUT2D eigenvalue weighted by Gasteiger charge is -2.24. The molecule has 2 rings (SSSR count). The van der Waals surface area contributed by atoms with Crippen molar-refractivity contribution in [3.05, 3.63) is 16.6 Å². The molecule has 18 heavy (non-hydrogen) atoms. The quantitative estimate of drug-likeness (QED) is 0.783. The highest BCUT2D eigenvalue weighted by molar-refractivity contribution is 7.09. The van der Waals surface area contributed by atoms with Crippen LogP contribution in [0, 0.1) is 5.92 Å². The molecule has 0 amide bonds. The summed E-state index contributed by atoms with van der Waals surface area (Å²) in [4.78, 5) is 5.64. The molecular formula is C15H26N2S. The second kappa shape index (κ2) is 7.90. The first-order valence-electron chi connectivity index (χ1n) is 7.52. The van der Waals surface area contributed by atoms with Crippen molar-refractivity contribution in [2.75, 3.05) is 6.54 Å². The van der Waals surface area contributed by atoms with Crippen molar-refractivity contribution in [2.24, 2.45) is 5.92 Å². The predicted octanol–water partition coefficient (Wildman–Crippen LogP) is 4.54. The molecule has 1 atom stereocenters. The molecule has 1 aliphatic carbocycles. The number of nitrogens with one attached hydrogen (secondary N) is 1. The van der Waals surface area contributed by atoms with Gasteiger partial charge in [-0.3, -0.25) is 4.98 Å². The van der Waals surface area contributed by atoms with Crippen molar-refractivity contribution >= 4 is 11.3 Å². The number of hydrogen-bond acceptors (Lipinski definition) is 3. The number of nitrogens with zero attached hydrogens (tertiary/aromatic N) is 1. The number of aromatic nitrogens is 1. The van der Waals surface area contributed by atoms with Crippen LogP contribution >= 0.6 is 11.3 Å². The van der Waals surface area contributed by atoms with Crippen molar-refractivity contribution in [3.63, 3.8) is 0 Å². The van der Waals surface area contributed by atoms with Gasteiger partial charge in [0.2, 0.25) is 0 Å². The van der Waals surface area contributed by atoms with Crippen molar-refractivity contribution in [3.8, 4) is 0 Å². The third kappa shape index (κ3) is 4.36. The number of rotatable bonds is 7. The van der Waals surface area contributed by atoms with Crippen LogP contribution in [0.4, 0.5) is 0 Å². The molecule has 0 bridgehead atoms. The minimum Gasteiger partial charge on any atom is -0.309 e. The second-order valence-electron chi connectivity index (χ2n) is 5.49. The smallest absolute Gasteiger partial charge is 0.0794 e. The highest BCUT2D eigenvalue weighted by Crippen LogP contribution is 2.31. The summed E-state index contributed by atoms with van der Waals surface area (Å²) < 4.78 is 0. The van der Waals surface area contributed by atoms with Crippen molar-refractivity contribution in [1.82, 2.24) is 10.3 Å². The van der Waals surface area contributed by atoms with Crippen LogP contribution < -0.4 is 5.32 Å². The summed E-state index contributed by atoms with van der Waals surface area (Å²) in [6, 6.07) is 0.541. The summed E-state index contributed by atoms with van der Waals surface area (Å²) in [7, 11) is 0. The molecule has 0 radical (unpaired) electrons. The van der Waals surface area contributed by atoms with Gasteiger partial charge in [0.25, 0.3) is 0 Å². The Kier molecular flexibility index (Phi) is 6.15. The fourth-order valence-corrected chi connectivity index (χ4v) is 3.67.